The Kier molecular flexibility index (Phi) is 6.22. The molecule has 158 valence electrons. The van der Waals surface area contributed by atoms with E-state index in [2.05, 4.69) is 56.6 Å². The van der Waals surface area contributed by atoms with Crippen LogP contribution in [0.1, 0.15) is 17.0 Å². The summed E-state index contributed by atoms with van der Waals surface area (Å²) in [5, 5.41) is 5.63. The molecule has 2 saturated heterocycles. The molecule has 0 bridgehead atoms. The minimum absolute atomic E-state index is 0.839. The fourth-order valence-electron chi connectivity index (χ4n) is 4.31. The van der Waals surface area contributed by atoms with E-state index in [0.29, 0.717) is 0 Å². The van der Waals surface area contributed by atoms with E-state index < -0.39 is 0 Å². The van der Waals surface area contributed by atoms with Crippen molar-refractivity contribution in [2.45, 2.75) is 20.0 Å². The summed E-state index contributed by atoms with van der Waals surface area (Å²) in [5.74, 6) is 4.46. The minimum Gasteiger partial charge on any atom is -0.354 e. The van der Waals surface area contributed by atoms with Gasteiger partial charge in [0.25, 0.3) is 0 Å². The van der Waals surface area contributed by atoms with Crippen LogP contribution in [0.15, 0.2) is 35.0 Å². The minimum atomic E-state index is 0.839. The molecule has 0 atom stereocenters. The van der Waals surface area contributed by atoms with Gasteiger partial charge >= 0.3 is 0 Å². The van der Waals surface area contributed by atoms with E-state index in [0.717, 1.165) is 69.5 Å². The lowest BCUT2D eigenvalue weighted by molar-refractivity contribution is 0.120. The number of anilines is 1. The number of thiophene rings is 1. The molecule has 0 unspecified atom stereocenters. The van der Waals surface area contributed by atoms with E-state index in [1.165, 1.54) is 28.0 Å². The second-order valence-electron chi connectivity index (χ2n) is 8.27. The van der Waals surface area contributed by atoms with E-state index in [1.54, 1.807) is 11.3 Å². The maximum atomic E-state index is 5.09. The van der Waals surface area contributed by atoms with Crippen molar-refractivity contribution in [3.8, 4) is 0 Å². The van der Waals surface area contributed by atoms with Crippen LogP contribution < -0.4 is 4.90 Å². The Balaban J connectivity index is 1.31. The van der Waals surface area contributed by atoms with Gasteiger partial charge in [-0.3, -0.25) is 9.80 Å². The van der Waals surface area contributed by atoms with Gasteiger partial charge in [0.2, 0.25) is 0 Å². The average molecular weight is 440 g/mol. The quantitative estimate of drug-likeness (QED) is 0.601. The van der Waals surface area contributed by atoms with Gasteiger partial charge in [-0.25, -0.2) is 9.97 Å². The van der Waals surface area contributed by atoms with E-state index in [9.17, 15) is 0 Å². The molecule has 2 aliphatic heterocycles. The number of fused-ring (bicyclic) bond motifs is 1. The number of piperazine rings is 1. The third-order valence-corrected chi connectivity index (χ3v) is 7.68. The summed E-state index contributed by atoms with van der Waals surface area (Å²) in [4.78, 5) is 17.6. The molecular formula is C23H29N5S2. The summed E-state index contributed by atoms with van der Waals surface area (Å²) in [5.41, 5.74) is 3.79. The number of aryl methyl sites for hydroxylation is 1. The molecule has 0 amide bonds. The molecule has 3 aromatic rings. The number of hydrogen-bond acceptors (Lipinski definition) is 7. The lowest BCUT2D eigenvalue weighted by Crippen LogP contribution is -2.45. The molecule has 1 aromatic carbocycles. The molecule has 0 radical (unpaired) electrons. The van der Waals surface area contributed by atoms with E-state index in [-0.39, 0.29) is 0 Å². The highest BCUT2D eigenvalue weighted by Crippen LogP contribution is 2.27. The van der Waals surface area contributed by atoms with Crippen molar-refractivity contribution in [2.75, 3.05) is 55.7 Å². The first-order valence-corrected chi connectivity index (χ1v) is 12.9. The SMILES string of the molecule is Cc1ccc2nc(CN3CCN(Cc4ccsc4)CC3)nc(N3CCSCC3)c2c1. The second kappa shape index (κ2) is 9.22. The molecule has 0 N–H and O–H groups in total. The third-order valence-electron chi connectivity index (χ3n) is 6.00. The molecule has 0 saturated carbocycles. The van der Waals surface area contributed by atoms with Gasteiger partial charge in [0.1, 0.15) is 11.6 Å². The molecule has 2 aromatic heterocycles. The van der Waals surface area contributed by atoms with Crippen molar-refractivity contribution < 1.29 is 0 Å². The Hall–Kier alpha value is -1.67. The first kappa shape index (κ1) is 20.2. The highest BCUT2D eigenvalue weighted by Gasteiger charge is 2.21. The molecule has 7 heteroatoms. The molecular weight excluding hydrogens is 410 g/mol. The fourth-order valence-corrected chi connectivity index (χ4v) is 5.87. The van der Waals surface area contributed by atoms with Gasteiger partial charge in [0.05, 0.1) is 12.1 Å². The Morgan fingerprint density at radius 2 is 1.67 bits per heavy atom. The Bertz CT molecular complexity index is 977. The maximum absolute atomic E-state index is 5.09. The van der Waals surface area contributed by atoms with Gasteiger partial charge < -0.3 is 4.90 Å². The van der Waals surface area contributed by atoms with Crippen molar-refractivity contribution in [3.63, 3.8) is 0 Å². The van der Waals surface area contributed by atoms with Crippen LogP contribution in [-0.4, -0.2) is 70.5 Å². The largest absolute Gasteiger partial charge is 0.354 e. The second-order valence-corrected chi connectivity index (χ2v) is 10.3. The van der Waals surface area contributed by atoms with Crippen molar-refractivity contribution in [1.29, 1.82) is 0 Å². The topological polar surface area (TPSA) is 35.5 Å². The van der Waals surface area contributed by atoms with Crippen LogP contribution in [-0.2, 0) is 13.1 Å². The highest BCUT2D eigenvalue weighted by molar-refractivity contribution is 7.99. The molecule has 2 aliphatic rings. The summed E-state index contributed by atoms with van der Waals surface area (Å²) in [6.45, 7) is 10.6. The van der Waals surface area contributed by atoms with Crippen LogP contribution in [0.4, 0.5) is 5.82 Å². The van der Waals surface area contributed by atoms with Crippen molar-refractivity contribution in [3.05, 3.63) is 52.0 Å². The third kappa shape index (κ3) is 4.64. The van der Waals surface area contributed by atoms with Crippen LogP contribution in [0.5, 0.6) is 0 Å². The first-order valence-electron chi connectivity index (χ1n) is 10.8. The average Bonchev–Trinajstić information content (AvgIpc) is 3.28. The molecule has 2 fully saturated rings. The van der Waals surface area contributed by atoms with Gasteiger partial charge in [-0.15, -0.1) is 0 Å². The summed E-state index contributed by atoms with van der Waals surface area (Å²) in [6, 6.07) is 8.82. The maximum Gasteiger partial charge on any atom is 0.145 e. The van der Waals surface area contributed by atoms with Crippen molar-refractivity contribution >= 4 is 39.8 Å². The number of thioether (sulfide) groups is 1. The number of aromatic nitrogens is 2. The summed E-state index contributed by atoms with van der Waals surface area (Å²) >= 11 is 3.82. The van der Waals surface area contributed by atoms with Crippen molar-refractivity contribution in [1.82, 2.24) is 19.8 Å². The molecule has 4 heterocycles. The van der Waals surface area contributed by atoms with E-state index >= 15 is 0 Å². The number of rotatable bonds is 5. The number of benzene rings is 1. The van der Waals surface area contributed by atoms with Crippen LogP contribution >= 0.6 is 23.1 Å². The van der Waals surface area contributed by atoms with Gasteiger partial charge in [0, 0.05) is 62.7 Å². The molecule has 5 nitrogen and oxygen atoms in total. The van der Waals surface area contributed by atoms with Gasteiger partial charge in [0.15, 0.2) is 0 Å². The van der Waals surface area contributed by atoms with Crippen molar-refractivity contribution in [2.24, 2.45) is 0 Å². The molecule has 0 aliphatic carbocycles. The molecule has 5 rings (SSSR count). The van der Waals surface area contributed by atoms with Crippen LogP contribution in [0.3, 0.4) is 0 Å². The number of hydrogen-bond donors (Lipinski definition) is 0. The Labute approximate surface area is 187 Å². The molecule has 0 spiro atoms. The van der Waals surface area contributed by atoms with Crippen LogP contribution in [0, 0.1) is 6.92 Å². The van der Waals surface area contributed by atoms with Crippen LogP contribution in [0.25, 0.3) is 10.9 Å². The zero-order valence-corrected chi connectivity index (χ0v) is 19.2. The summed E-state index contributed by atoms with van der Waals surface area (Å²) in [6.07, 6.45) is 0. The predicted molar refractivity (Wildman–Crippen MR) is 129 cm³/mol. The Morgan fingerprint density at radius 3 is 2.40 bits per heavy atom. The van der Waals surface area contributed by atoms with Gasteiger partial charge in [-0.2, -0.15) is 23.1 Å². The lowest BCUT2D eigenvalue weighted by Gasteiger charge is -2.34. The van der Waals surface area contributed by atoms with Gasteiger partial charge in [-0.05, 0) is 41.4 Å². The zero-order chi connectivity index (χ0) is 20.3. The van der Waals surface area contributed by atoms with E-state index in [4.69, 9.17) is 9.97 Å². The standard InChI is InChI=1S/C23H29N5S2/c1-18-2-3-21-20(14-18)23(28-9-12-29-13-10-28)25-22(24-21)16-27-7-5-26(6-8-27)15-19-4-11-30-17-19/h2-4,11,14,17H,5-10,12-13,15-16H2,1H3. The predicted octanol–water partition coefficient (Wildman–Crippen LogP) is 3.87. The summed E-state index contributed by atoms with van der Waals surface area (Å²) in [7, 11) is 0. The number of nitrogens with zero attached hydrogens (tertiary/aromatic N) is 5. The fraction of sp³-hybridized carbons (Fsp3) is 0.478. The molecule has 30 heavy (non-hydrogen) atoms. The zero-order valence-electron chi connectivity index (χ0n) is 17.6. The highest BCUT2D eigenvalue weighted by atomic mass is 32.2. The lowest BCUT2D eigenvalue weighted by atomic mass is 10.1. The first-order chi connectivity index (χ1) is 14.7. The van der Waals surface area contributed by atoms with Gasteiger partial charge in [-0.1, -0.05) is 11.6 Å². The van der Waals surface area contributed by atoms with Crippen LogP contribution in [0.2, 0.25) is 0 Å². The normalized spacial score (nSPS) is 18.9. The monoisotopic (exact) mass is 439 g/mol. The Morgan fingerprint density at radius 1 is 0.900 bits per heavy atom. The smallest absolute Gasteiger partial charge is 0.145 e. The summed E-state index contributed by atoms with van der Waals surface area (Å²) < 4.78 is 0. The van der Waals surface area contributed by atoms with E-state index in [1.807, 2.05) is 11.8 Å².